The maximum absolute atomic E-state index is 12.7. The quantitative estimate of drug-likeness (QED) is 0.558. The summed E-state index contributed by atoms with van der Waals surface area (Å²) < 4.78 is 10.3. The van der Waals surface area contributed by atoms with Crippen LogP contribution in [0, 0.1) is 6.92 Å². The fraction of sp³-hybridized carbons (Fsp3) is 0.300. The van der Waals surface area contributed by atoms with E-state index in [1.54, 1.807) is 30.3 Å². The number of benzene rings is 2. The van der Waals surface area contributed by atoms with Crippen molar-refractivity contribution in [1.82, 2.24) is 0 Å². The van der Waals surface area contributed by atoms with Gasteiger partial charge in [0.05, 0.1) is 31.6 Å². The van der Waals surface area contributed by atoms with Gasteiger partial charge in [-0.1, -0.05) is 6.07 Å². The van der Waals surface area contributed by atoms with Crippen molar-refractivity contribution in [2.24, 2.45) is 0 Å². The van der Waals surface area contributed by atoms with Gasteiger partial charge in [-0.15, -0.1) is 24.8 Å². The number of aryl methyl sites for hydroxylation is 1. The second-order valence-electron chi connectivity index (χ2n) is 6.35. The molecule has 2 aromatic carbocycles. The van der Waals surface area contributed by atoms with Crippen LogP contribution in [0.4, 0.5) is 17.1 Å². The van der Waals surface area contributed by atoms with Crippen molar-refractivity contribution in [1.29, 1.82) is 0 Å². The maximum Gasteiger partial charge on any atom is 0.340 e. The molecular formula is C20H25Cl2N3O4. The molecule has 3 N–H and O–H groups in total. The summed E-state index contributed by atoms with van der Waals surface area (Å²) in [5.41, 5.74) is 9.13. The molecule has 0 aliphatic carbocycles. The van der Waals surface area contributed by atoms with E-state index in [9.17, 15) is 9.59 Å². The zero-order valence-electron chi connectivity index (χ0n) is 16.3. The average molecular weight is 442 g/mol. The summed E-state index contributed by atoms with van der Waals surface area (Å²) >= 11 is 0. The Hall–Kier alpha value is -2.48. The number of nitrogen functional groups attached to an aromatic ring is 1. The van der Waals surface area contributed by atoms with E-state index in [2.05, 4.69) is 10.2 Å². The second-order valence-corrected chi connectivity index (χ2v) is 6.35. The van der Waals surface area contributed by atoms with Crippen LogP contribution in [0.25, 0.3) is 0 Å². The number of hydrogen-bond acceptors (Lipinski definition) is 6. The maximum atomic E-state index is 12.7. The number of halogens is 2. The number of amides is 1. The number of nitrogens with one attached hydrogen (secondary N) is 1. The number of hydrogen-bond donors (Lipinski definition) is 2. The van der Waals surface area contributed by atoms with Crippen LogP contribution in [0.15, 0.2) is 36.4 Å². The number of morpholine rings is 1. The average Bonchev–Trinajstić information content (AvgIpc) is 2.70. The van der Waals surface area contributed by atoms with Gasteiger partial charge in [0.1, 0.15) is 0 Å². The summed E-state index contributed by atoms with van der Waals surface area (Å²) in [6.45, 7) is 4.60. The molecule has 29 heavy (non-hydrogen) atoms. The van der Waals surface area contributed by atoms with Gasteiger partial charge >= 0.3 is 5.97 Å². The van der Waals surface area contributed by atoms with Crippen molar-refractivity contribution >= 4 is 53.8 Å². The minimum absolute atomic E-state index is 0. The Bertz CT molecular complexity index is 871. The molecule has 0 bridgehead atoms. The summed E-state index contributed by atoms with van der Waals surface area (Å²) in [6, 6.07) is 10.5. The van der Waals surface area contributed by atoms with Crippen LogP contribution in [0.1, 0.15) is 26.3 Å². The van der Waals surface area contributed by atoms with E-state index >= 15 is 0 Å². The molecule has 0 spiro atoms. The van der Waals surface area contributed by atoms with E-state index in [-0.39, 0.29) is 30.7 Å². The normalized spacial score (nSPS) is 13.0. The number of esters is 1. The van der Waals surface area contributed by atoms with Gasteiger partial charge in [-0.25, -0.2) is 4.79 Å². The Labute approximate surface area is 182 Å². The zero-order chi connectivity index (χ0) is 19.4. The molecule has 1 saturated heterocycles. The van der Waals surface area contributed by atoms with Gasteiger partial charge in [0.2, 0.25) is 0 Å². The highest BCUT2D eigenvalue weighted by molar-refractivity contribution is 6.09. The van der Waals surface area contributed by atoms with Crippen LogP contribution in [-0.4, -0.2) is 45.3 Å². The number of nitrogens with two attached hydrogens (primary N) is 1. The first-order valence-electron chi connectivity index (χ1n) is 8.72. The number of nitrogens with zero attached hydrogens (tertiary/aromatic N) is 1. The van der Waals surface area contributed by atoms with Crippen molar-refractivity contribution in [3.8, 4) is 0 Å². The molecule has 2 aromatic rings. The monoisotopic (exact) mass is 441 g/mol. The van der Waals surface area contributed by atoms with E-state index in [1.807, 2.05) is 13.0 Å². The standard InChI is InChI=1S/C20H23N3O4.2ClH/c1-13-3-4-14(21)11-16(13)19(24)22-18-6-5-15(12-17(18)20(25)26-2)23-7-9-27-10-8-23;;/h3-6,11-12H,7-10,21H2,1-2H3,(H,22,24);2*1H. The molecule has 1 aliphatic heterocycles. The number of methoxy groups -OCH3 is 1. The van der Waals surface area contributed by atoms with Gasteiger partial charge in [0.25, 0.3) is 5.91 Å². The first-order valence-corrected chi connectivity index (χ1v) is 8.72. The third-order valence-electron chi connectivity index (χ3n) is 4.54. The number of carbonyl (C=O) groups excluding carboxylic acids is 2. The van der Waals surface area contributed by atoms with Gasteiger partial charge in [0, 0.05) is 30.0 Å². The van der Waals surface area contributed by atoms with Gasteiger partial charge in [-0.3, -0.25) is 4.79 Å². The molecule has 158 valence electrons. The Morgan fingerprint density at radius 2 is 1.76 bits per heavy atom. The van der Waals surface area contributed by atoms with Crippen molar-refractivity contribution < 1.29 is 19.1 Å². The first kappa shape index (κ1) is 24.6. The molecular weight excluding hydrogens is 417 g/mol. The minimum atomic E-state index is -0.510. The lowest BCUT2D eigenvalue weighted by Crippen LogP contribution is -2.36. The van der Waals surface area contributed by atoms with Crippen molar-refractivity contribution in [3.63, 3.8) is 0 Å². The summed E-state index contributed by atoms with van der Waals surface area (Å²) in [5, 5.41) is 2.80. The Kier molecular flexibility index (Phi) is 9.23. The fourth-order valence-corrected chi connectivity index (χ4v) is 3.01. The predicted octanol–water partition coefficient (Wildman–Crippen LogP) is 3.30. The van der Waals surface area contributed by atoms with E-state index in [0.717, 1.165) is 24.3 Å². The van der Waals surface area contributed by atoms with Crippen molar-refractivity contribution in [2.45, 2.75) is 6.92 Å². The molecule has 0 saturated carbocycles. The van der Waals surface area contributed by atoms with E-state index < -0.39 is 5.97 Å². The molecule has 9 heteroatoms. The third kappa shape index (κ3) is 5.76. The molecule has 1 fully saturated rings. The van der Waals surface area contributed by atoms with E-state index in [1.165, 1.54) is 7.11 Å². The van der Waals surface area contributed by atoms with E-state index in [0.29, 0.717) is 35.7 Å². The Morgan fingerprint density at radius 1 is 1.07 bits per heavy atom. The molecule has 3 rings (SSSR count). The summed E-state index contributed by atoms with van der Waals surface area (Å²) in [6.07, 6.45) is 0. The molecule has 1 amide bonds. The van der Waals surface area contributed by atoms with Crippen LogP contribution in [0.5, 0.6) is 0 Å². The van der Waals surface area contributed by atoms with Crippen molar-refractivity contribution in [2.75, 3.05) is 49.4 Å². The highest BCUT2D eigenvalue weighted by Crippen LogP contribution is 2.26. The summed E-state index contributed by atoms with van der Waals surface area (Å²) in [5.74, 6) is -0.839. The van der Waals surface area contributed by atoms with Gasteiger partial charge in [0.15, 0.2) is 0 Å². The second kappa shape index (κ2) is 10.9. The van der Waals surface area contributed by atoms with Crippen LogP contribution < -0.4 is 16.0 Å². The number of anilines is 3. The molecule has 0 unspecified atom stereocenters. The number of carbonyl (C=O) groups is 2. The largest absolute Gasteiger partial charge is 0.465 e. The van der Waals surface area contributed by atoms with Crippen LogP contribution in [-0.2, 0) is 9.47 Å². The summed E-state index contributed by atoms with van der Waals surface area (Å²) in [4.78, 5) is 27.1. The van der Waals surface area contributed by atoms with Crippen LogP contribution >= 0.6 is 24.8 Å². The molecule has 7 nitrogen and oxygen atoms in total. The lowest BCUT2D eigenvalue weighted by molar-refractivity contribution is 0.0602. The molecule has 1 heterocycles. The van der Waals surface area contributed by atoms with Gasteiger partial charge < -0.3 is 25.4 Å². The first-order chi connectivity index (χ1) is 13.0. The lowest BCUT2D eigenvalue weighted by atomic mass is 10.1. The summed E-state index contributed by atoms with van der Waals surface area (Å²) in [7, 11) is 1.32. The highest BCUT2D eigenvalue weighted by atomic mass is 35.5. The lowest BCUT2D eigenvalue weighted by Gasteiger charge is -2.29. The van der Waals surface area contributed by atoms with Gasteiger partial charge in [-0.2, -0.15) is 0 Å². The highest BCUT2D eigenvalue weighted by Gasteiger charge is 2.19. The SMILES string of the molecule is COC(=O)c1cc(N2CCOCC2)ccc1NC(=O)c1cc(N)ccc1C.Cl.Cl. The topological polar surface area (TPSA) is 93.9 Å². The molecule has 0 radical (unpaired) electrons. The molecule has 0 atom stereocenters. The Morgan fingerprint density at radius 3 is 2.41 bits per heavy atom. The fourth-order valence-electron chi connectivity index (χ4n) is 3.01. The zero-order valence-corrected chi connectivity index (χ0v) is 17.9. The predicted molar refractivity (Wildman–Crippen MR) is 119 cm³/mol. The van der Waals surface area contributed by atoms with Crippen molar-refractivity contribution in [3.05, 3.63) is 53.1 Å². The third-order valence-corrected chi connectivity index (χ3v) is 4.54. The van der Waals surface area contributed by atoms with Crippen LogP contribution in [0.3, 0.4) is 0 Å². The van der Waals surface area contributed by atoms with E-state index in [4.69, 9.17) is 15.2 Å². The minimum Gasteiger partial charge on any atom is -0.465 e. The number of rotatable bonds is 4. The molecule has 0 aromatic heterocycles. The smallest absolute Gasteiger partial charge is 0.340 e. The number of ether oxygens (including phenoxy) is 2. The van der Waals surface area contributed by atoms with Gasteiger partial charge in [-0.05, 0) is 42.8 Å². The van der Waals surface area contributed by atoms with Crippen LogP contribution in [0.2, 0.25) is 0 Å². The Balaban J connectivity index is 0.00000210. The molecule has 1 aliphatic rings.